The molecule has 0 aliphatic heterocycles. The van der Waals surface area contributed by atoms with Gasteiger partial charge in [0.25, 0.3) is 0 Å². The average Bonchev–Trinajstić information content (AvgIpc) is 2.96. The number of hydrogen-bond donors (Lipinski definition) is 1. The summed E-state index contributed by atoms with van der Waals surface area (Å²) in [5, 5.41) is 10.6. The first-order chi connectivity index (χ1) is 8.77. The summed E-state index contributed by atoms with van der Waals surface area (Å²) in [7, 11) is 0. The van der Waals surface area contributed by atoms with Gasteiger partial charge < -0.3 is 10.3 Å². The van der Waals surface area contributed by atoms with E-state index >= 15 is 0 Å². The van der Waals surface area contributed by atoms with Crippen LogP contribution in [-0.4, -0.2) is 14.8 Å². The van der Waals surface area contributed by atoms with E-state index in [2.05, 4.69) is 14.8 Å². The van der Waals surface area contributed by atoms with E-state index in [9.17, 15) is 0 Å². The molecule has 4 nitrogen and oxygen atoms in total. The molecule has 1 aliphatic rings. The summed E-state index contributed by atoms with van der Waals surface area (Å²) in [5.41, 5.74) is 6.82. The number of hydrogen-bond acceptors (Lipinski definition) is 4. The highest BCUT2D eigenvalue weighted by Crippen LogP contribution is 2.36. The highest BCUT2D eigenvalue weighted by atomic mass is 32.1. The molecule has 2 heterocycles. The first-order valence-corrected chi connectivity index (χ1v) is 7.40. The number of rotatable bonds is 2. The van der Waals surface area contributed by atoms with Crippen molar-refractivity contribution in [3.8, 4) is 10.7 Å². The van der Waals surface area contributed by atoms with Crippen LogP contribution in [-0.2, 0) is 0 Å². The standard InChI is InChI=1S/C13H18N4S/c1-9-15-16-13(12-11(14)7-8-18-12)17(9)10-5-3-2-4-6-10/h7-8,10H,2-6,14H2,1H3. The molecular formula is C13H18N4S. The molecule has 0 unspecified atom stereocenters. The zero-order chi connectivity index (χ0) is 12.5. The zero-order valence-corrected chi connectivity index (χ0v) is 11.4. The maximum Gasteiger partial charge on any atom is 0.176 e. The maximum atomic E-state index is 6.01. The van der Waals surface area contributed by atoms with Gasteiger partial charge in [-0.1, -0.05) is 19.3 Å². The Morgan fingerprint density at radius 3 is 2.72 bits per heavy atom. The van der Waals surface area contributed by atoms with E-state index in [1.165, 1.54) is 32.1 Å². The van der Waals surface area contributed by atoms with Gasteiger partial charge in [0, 0.05) is 6.04 Å². The lowest BCUT2D eigenvalue weighted by molar-refractivity contribution is 0.350. The zero-order valence-electron chi connectivity index (χ0n) is 10.6. The van der Waals surface area contributed by atoms with Crippen molar-refractivity contribution in [2.75, 3.05) is 5.73 Å². The number of nitrogens with zero attached hydrogens (tertiary/aromatic N) is 3. The number of aromatic nitrogens is 3. The van der Waals surface area contributed by atoms with Crippen molar-refractivity contribution in [2.45, 2.75) is 45.1 Å². The number of nitrogens with two attached hydrogens (primary N) is 1. The van der Waals surface area contributed by atoms with E-state index in [4.69, 9.17) is 5.73 Å². The van der Waals surface area contributed by atoms with Crippen molar-refractivity contribution in [1.29, 1.82) is 0 Å². The number of thiophene rings is 1. The van der Waals surface area contributed by atoms with Crippen LogP contribution in [0, 0.1) is 6.92 Å². The topological polar surface area (TPSA) is 56.7 Å². The Labute approximate surface area is 111 Å². The Kier molecular flexibility index (Phi) is 3.07. The van der Waals surface area contributed by atoms with Crippen LogP contribution in [0.4, 0.5) is 5.69 Å². The maximum absolute atomic E-state index is 6.01. The summed E-state index contributed by atoms with van der Waals surface area (Å²) in [6.45, 7) is 2.04. The van der Waals surface area contributed by atoms with Gasteiger partial charge in [0.15, 0.2) is 5.82 Å². The van der Waals surface area contributed by atoms with Crippen LogP contribution in [0.2, 0.25) is 0 Å². The summed E-state index contributed by atoms with van der Waals surface area (Å²) < 4.78 is 2.29. The van der Waals surface area contributed by atoms with Crippen LogP contribution < -0.4 is 5.73 Å². The second-order valence-corrected chi connectivity index (χ2v) is 5.85. The lowest BCUT2D eigenvalue weighted by Gasteiger charge is -2.25. The first-order valence-electron chi connectivity index (χ1n) is 6.52. The predicted molar refractivity (Wildman–Crippen MR) is 74.6 cm³/mol. The normalized spacial score (nSPS) is 17.2. The van der Waals surface area contributed by atoms with E-state index in [0.717, 1.165) is 22.2 Å². The molecule has 2 N–H and O–H groups in total. The van der Waals surface area contributed by atoms with Crippen molar-refractivity contribution >= 4 is 17.0 Å². The fourth-order valence-corrected chi connectivity index (χ4v) is 3.60. The lowest BCUT2D eigenvalue weighted by Crippen LogP contribution is -2.15. The molecule has 5 heteroatoms. The molecule has 1 aliphatic carbocycles. The summed E-state index contributed by atoms with van der Waals surface area (Å²) in [5.74, 6) is 1.96. The van der Waals surface area contributed by atoms with Gasteiger partial charge in [0.05, 0.1) is 10.6 Å². The van der Waals surface area contributed by atoms with E-state index < -0.39 is 0 Å². The van der Waals surface area contributed by atoms with Gasteiger partial charge >= 0.3 is 0 Å². The van der Waals surface area contributed by atoms with Crippen LogP contribution in [0.15, 0.2) is 11.4 Å². The molecule has 0 radical (unpaired) electrons. The Balaban J connectivity index is 2.03. The molecule has 0 bridgehead atoms. The molecule has 1 fully saturated rings. The Morgan fingerprint density at radius 1 is 1.28 bits per heavy atom. The monoisotopic (exact) mass is 262 g/mol. The van der Waals surface area contributed by atoms with Gasteiger partial charge in [0.2, 0.25) is 0 Å². The smallest absolute Gasteiger partial charge is 0.176 e. The fourth-order valence-electron chi connectivity index (χ4n) is 2.80. The molecule has 2 aromatic rings. The molecule has 0 atom stereocenters. The molecule has 96 valence electrons. The predicted octanol–water partition coefficient (Wildman–Crippen LogP) is 3.40. The van der Waals surface area contributed by atoms with Crippen LogP contribution in [0.1, 0.15) is 44.0 Å². The third-order valence-corrected chi connectivity index (χ3v) is 4.63. The quantitative estimate of drug-likeness (QED) is 0.902. The van der Waals surface area contributed by atoms with E-state index in [1.807, 2.05) is 18.4 Å². The van der Waals surface area contributed by atoms with Crippen molar-refractivity contribution in [3.63, 3.8) is 0 Å². The molecule has 3 rings (SSSR count). The van der Waals surface area contributed by atoms with E-state index in [-0.39, 0.29) is 0 Å². The van der Waals surface area contributed by atoms with Crippen molar-refractivity contribution in [3.05, 3.63) is 17.3 Å². The Morgan fingerprint density at radius 2 is 2.06 bits per heavy atom. The van der Waals surface area contributed by atoms with E-state index in [1.54, 1.807) is 11.3 Å². The van der Waals surface area contributed by atoms with Crippen LogP contribution in [0.3, 0.4) is 0 Å². The van der Waals surface area contributed by atoms with E-state index in [0.29, 0.717) is 6.04 Å². The lowest BCUT2D eigenvalue weighted by atomic mass is 9.95. The van der Waals surface area contributed by atoms with Gasteiger partial charge in [-0.25, -0.2) is 0 Å². The SMILES string of the molecule is Cc1nnc(-c2sccc2N)n1C1CCCCC1. The third-order valence-electron chi connectivity index (χ3n) is 3.70. The summed E-state index contributed by atoms with van der Waals surface area (Å²) in [6.07, 6.45) is 6.44. The van der Waals surface area contributed by atoms with Crippen molar-refractivity contribution in [2.24, 2.45) is 0 Å². The molecule has 2 aromatic heterocycles. The molecule has 1 saturated carbocycles. The fraction of sp³-hybridized carbons (Fsp3) is 0.538. The van der Waals surface area contributed by atoms with Crippen molar-refractivity contribution in [1.82, 2.24) is 14.8 Å². The second kappa shape index (κ2) is 4.72. The van der Waals surface area contributed by atoms with Gasteiger partial charge in [-0.2, -0.15) is 0 Å². The third kappa shape index (κ3) is 1.92. The minimum Gasteiger partial charge on any atom is -0.397 e. The van der Waals surface area contributed by atoms with Crippen LogP contribution in [0.25, 0.3) is 10.7 Å². The number of anilines is 1. The number of aryl methyl sites for hydroxylation is 1. The Hall–Kier alpha value is -1.36. The molecule has 18 heavy (non-hydrogen) atoms. The summed E-state index contributed by atoms with van der Waals surface area (Å²) in [4.78, 5) is 1.06. The largest absolute Gasteiger partial charge is 0.397 e. The second-order valence-electron chi connectivity index (χ2n) is 4.94. The Bertz CT molecular complexity index is 537. The van der Waals surface area contributed by atoms with Gasteiger partial charge in [-0.15, -0.1) is 21.5 Å². The highest BCUT2D eigenvalue weighted by molar-refractivity contribution is 7.14. The summed E-state index contributed by atoms with van der Waals surface area (Å²) in [6, 6.07) is 2.49. The van der Waals surface area contributed by atoms with Gasteiger partial charge in [0.1, 0.15) is 5.82 Å². The average molecular weight is 262 g/mol. The number of nitrogen functional groups attached to an aromatic ring is 1. The van der Waals surface area contributed by atoms with Gasteiger partial charge in [-0.3, -0.25) is 0 Å². The molecule has 0 spiro atoms. The highest BCUT2D eigenvalue weighted by Gasteiger charge is 2.23. The van der Waals surface area contributed by atoms with Crippen LogP contribution >= 0.6 is 11.3 Å². The van der Waals surface area contributed by atoms with Crippen molar-refractivity contribution < 1.29 is 0 Å². The summed E-state index contributed by atoms with van der Waals surface area (Å²) >= 11 is 1.65. The van der Waals surface area contributed by atoms with Gasteiger partial charge in [-0.05, 0) is 31.2 Å². The molecule has 0 saturated heterocycles. The molecule has 0 aromatic carbocycles. The van der Waals surface area contributed by atoms with Crippen LogP contribution in [0.5, 0.6) is 0 Å². The first kappa shape index (κ1) is 11.7. The molecular weight excluding hydrogens is 244 g/mol. The minimum absolute atomic E-state index is 0.547. The minimum atomic E-state index is 0.547. The molecule has 0 amide bonds.